The molecule has 0 fully saturated rings. The smallest absolute Gasteiger partial charge is 0.343 e. The Morgan fingerprint density at radius 1 is 0.900 bits per heavy atom. The summed E-state index contributed by atoms with van der Waals surface area (Å²) in [7, 11) is 3.29. The Labute approximate surface area is 232 Å². The van der Waals surface area contributed by atoms with Crippen LogP contribution in [0.15, 0.2) is 84.9 Å². The maximum atomic E-state index is 13.3. The highest BCUT2D eigenvalue weighted by atomic mass is 19.1. The van der Waals surface area contributed by atoms with Crippen LogP contribution in [0.4, 0.5) is 15.8 Å². The number of carbonyl (C=O) groups excluding carboxylic acids is 1. The summed E-state index contributed by atoms with van der Waals surface area (Å²) >= 11 is 0. The van der Waals surface area contributed by atoms with E-state index >= 15 is 0 Å². The largest absolute Gasteiger partial charge is 0.496 e. The summed E-state index contributed by atoms with van der Waals surface area (Å²) < 4.78 is 30.3. The first kappa shape index (κ1) is 25.5. The van der Waals surface area contributed by atoms with Crippen LogP contribution in [0.2, 0.25) is 0 Å². The zero-order chi connectivity index (χ0) is 28.0. The van der Waals surface area contributed by atoms with Gasteiger partial charge < -0.3 is 24.4 Å². The van der Waals surface area contributed by atoms with Crippen LogP contribution >= 0.6 is 0 Å². The molecule has 0 amide bonds. The van der Waals surface area contributed by atoms with Crippen molar-refractivity contribution in [2.75, 3.05) is 24.4 Å². The molecule has 0 radical (unpaired) electrons. The molecule has 0 atom stereocenters. The molecule has 7 heteroatoms. The van der Waals surface area contributed by atoms with Crippen LogP contribution in [0.3, 0.4) is 0 Å². The van der Waals surface area contributed by atoms with E-state index in [0.717, 1.165) is 45.1 Å². The zero-order valence-corrected chi connectivity index (χ0v) is 22.7. The Hall–Kier alpha value is -4.78. The van der Waals surface area contributed by atoms with Gasteiger partial charge in [-0.3, -0.25) is 0 Å². The normalized spacial score (nSPS) is 14.6. The van der Waals surface area contributed by atoms with Crippen molar-refractivity contribution in [1.29, 1.82) is 0 Å². The van der Waals surface area contributed by atoms with Gasteiger partial charge in [0.1, 0.15) is 23.1 Å². The quantitative estimate of drug-likeness (QED) is 0.206. The van der Waals surface area contributed by atoms with Crippen molar-refractivity contribution in [2.45, 2.75) is 25.9 Å². The molecule has 2 aliphatic rings. The first-order valence-electron chi connectivity index (χ1n) is 13.0. The number of hydrogen-bond donors (Lipinski definition) is 1. The minimum absolute atomic E-state index is 0.237. The van der Waals surface area contributed by atoms with Gasteiger partial charge >= 0.3 is 5.97 Å². The van der Waals surface area contributed by atoms with Crippen molar-refractivity contribution >= 4 is 23.0 Å². The topological polar surface area (TPSA) is 60.0 Å². The fourth-order valence-corrected chi connectivity index (χ4v) is 5.49. The van der Waals surface area contributed by atoms with Gasteiger partial charge in [0.25, 0.3) is 0 Å². The first-order valence-corrected chi connectivity index (χ1v) is 13.0. The predicted octanol–water partition coefficient (Wildman–Crippen LogP) is 7.29. The van der Waals surface area contributed by atoms with E-state index in [9.17, 15) is 9.18 Å². The molecule has 6 nitrogen and oxygen atoms in total. The van der Waals surface area contributed by atoms with E-state index in [-0.39, 0.29) is 11.1 Å². The minimum atomic E-state index is -0.571. The van der Waals surface area contributed by atoms with Crippen molar-refractivity contribution in [3.8, 4) is 28.4 Å². The van der Waals surface area contributed by atoms with Crippen LogP contribution in [0.1, 0.15) is 35.3 Å². The summed E-state index contributed by atoms with van der Waals surface area (Å²) in [6.07, 6.45) is 2.26. The number of benzene rings is 4. The number of esters is 1. The maximum absolute atomic E-state index is 13.3. The molecule has 0 aliphatic carbocycles. The first-order chi connectivity index (χ1) is 19.3. The molecule has 0 aromatic heterocycles. The Morgan fingerprint density at radius 2 is 1.62 bits per heavy atom. The lowest BCUT2D eigenvalue weighted by molar-refractivity contribution is 0.0734. The van der Waals surface area contributed by atoms with Gasteiger partial charge in [-0.05, 0) is 85.6 Å². The summed E-state index contributed by atoms with van der Waals surface area (Å²) in [5, 5.41) is 3.66. The molecule has 202 valence electrons. The SMILES string of the molecule is COc1cc(OC(=O)c2ccc(F)cc2)ccc1-c1ccc2c3c1CN(c1ccccc1OC)C3=CC(C)(C)N2. The van der Waals surface area contributed by atoms with Crippen LogP contribution in [0, 0.1) is 5.82 Å². The fraction of sp³-hybridized carbons (Fsp3) is 0.182. The lowest BCUT2D eigenvalue weighted by Crippen LogP contribution is -2.33. The van der Waals surface area contributed by atoms with E-state index in [2.05, 4.69) is 48.3 Å². The van der Waals surface area contributed by atoms with Crippen LogP contribution in [-0.2, 0) is 6.54 Å². The van der Waals surface area contributed by atoms with E-state index in [0.29, 0.717) is 18.0 Å². The molecule has 2 heterocycles. The van der Waals surface area contributed by atoms with Crippen molar-refractivity contribution in [3.63, 3.8) is 0 Å². The second-order valence-electron chi connectivity index (χ2n) is 10.4. The highest BCUT2D eigenvalue weighted by Crippen LogP contribution is 2.51. The van der Waals surface area contributed by atoms with Crippen molar-refractivity contribution in [2.24, 2.45) is 0 Å². The van der Waals surface area contributed by atoms with Crippen molar-refractivity contribution < 1.29 is 23.4 Å². The number of anilines is 2. The molecule has 40 heavy (non-hydrogen) atoms. The molecule has 6 rings (SSSR count). The standard InChI is InChI=1S/C33H29FN2O4/c1-33(2)18-28-31-25(19-36(28)27-7-5-6-8-29(27)38-3)23(15-16-26(31)35-33)24-14-13-22(17-30(24)39-4)40-32(37)20-9-11-21(34)12-10-20/h5-18,35H,19H2,1-4H3. The second kappa shape index (κ2) is 9.75. The summed E-state index contributed by atoms with van der Waals surface area (Å²) in [5.41, 5.74) is 7.44. The monoisotopic (exact) mass is 536 g/mol. The second-order valence-corrected chi connectivity index (χ2v) is 10.4. The Balaban J connectivity index is 1.41. The van der Waals surface area contributed by atoms with E-state index < -0.39 is 11.8 Å². The number of nitrogens with one attached hydrogen (secondary N) is 1. The van der Waals surface area contributed by atoms with Crippen LogP contribution in [0.25, 0.3) is 16.8 Å². The third-order valence-electron chi connectivity index (χ3n) is 7.26. The number of methoxy groups -OCH3 is 2. The lowest BCUT2D eigenvalue weighted by atomic mass is 9.89. The molecule has 4 aromatic rings. The maximum Gasteiger partial charge on any atom is 0.343 e. The number of nitrogens with zero attached hydrogens (tertiary/aromatic N) is 1. The zero-order valence-electron chi connectivity index (χ0n) is 22.7. The summed E-state index contributed by atoms with van der Waals surface area (Å²) in [6.45, 7) is 4.96. The molecular weight excluding hydrogens is 507 g/mol. The molecule has 4 aromatic carbocycles. The Kier molecular flexibility index (Phi) is 6.22. The highest BCUT2D eigenvalue weighted by Gasteiger charge is 2.37. The molecule has 0 saturated carbocycles. The highest BCUT2D eigenvalue weighted by molar-refractivity contribution is 5.98. The molecule has 0 unspecified atom stereocenters. The summed E-state index contributed by atoms with van der Waals surface area (Å²) in [5.74, 6) is 0.732. The molecule has 1 N–H and O–H groups in total. The molecule has 0 bridgehead atoms. The minimum Gasteiger partial charge on any atom is -0.496 e. The van der Waals surface area contributed by atoms with Crippen molar-refractivity contribution in [3.05, 3.63) is 107 Å². The van der Waals surface area contributed by atoms with E-state index in [1.807, 2.05) is 24.3 Å². The van der Waals surface area contributed by atoms with Gasteiger partial charge in [0, 0.05) is 35.1 Å². The van der Waals surface area contributed by atoms with Gasteiger partial charge in [0.05, 0.1) is 31.0 Å². The van der Waals surface area contributed by atoms with Gasteiger partial charge in [0.15, 0.2) is 0 Å². The molecular formula is C33H29FN2O4. The van der Waals surface area contributed by atoms with E-state index in [1.54, 1.807) is 26.4 Å². The Bertz CT molecular complexity index is 1660. The van der Waals surface area contributed by atoms with E-state index in [1.165, 1.54) is 24.3 Å². The summed E-state index contributed by atoms with van der Waals surface area (Å²) in [6, 6.07) is 22.8. The number of hydrogen-bond acceptors (Lipinski definition) is 6. The summed E-state index contributed by atoms with van der Waals surface area (Å²) in [4.78, 5) is 14.9. The van der Waals surface area contributed by atoms with Gasteiger partial charge in [-0.25, -0.2) is 9.18 Å². The molecule has 0 spiro atoms. The van der Waals surface area contributed by atoms with Gasteiger partial charge in [-0.2, -0.15) is 0 Å². The van der Waals surface area contributed by atoms with Crippen molar-refractivity contribution in [1.82, 2.24) is 0 Å². The number of rotatable bonds is 6. The van der Waals surface area contributed by atoms with Gasteiger partial charge in [0.2, 0.25) is 0 Å². The Morgan fingerprint density at radius 3 is 2.38 bits per heavy atom. The van der Waals surface area contributed by atoms with Gasteiger partial charge in [-0.15, -0.1) is 0 Å². The predicted molar refractivity (Wildman–Crippen MR) is 155 cm³/mol. The van der Waals surface area contributed by atoms with Crippen LogP contribution < -0.4 is 24.4 Å². The number of para-hydroxylation sites is 2. The van der Waals surface area contributed by atoms with Crippen LogP contribution in [0.5, 0.6) is 17.2 Å². The van der Waals surface area contributed by atoms with E-state index in [4.69, 9.17) is 14.2 Å². The van der Waals surface area contributed by atoms with Gasteiger partial charge in [-0.1, -0.05) is 18.2 Å². The fourth-order valence-electron chi connectivity index (χ4n) is 5.49. The average molecular weight is 537 g/mol. The third kappa shape index (κ3) is 4.43. The average Bonchev–Trinajstić information content (AvgIpc) is 3.32. The number of carbonyl (C=O) groups is 1. The third-order valence-corrected chi connectivity index (χ3v) is 7.26. The lowest BCUT2D eigenvalue weighted by Gasteiger charge is -2.33. The molecule has 0 saturated heterocycles. The number of halogens is 1. The molecule has 2 aliphatic heterocycles. The van der Waals surface area contributed by atoms with Crippen LogP contribution in [-0.4, -0.2) is 25.7 Å². The number of ether oxygens (including phenoxy) is 3.